The van der Waals surface area contributed by atoms with Crippen molar-refractivity contribution in [2.24, 2.45) is 5.73 Å². The molecule has 0 spiro atoms. The summed E-state index contributed by atoms with van der Waals surface area (Å²) in [6.45, 7) is 7.37. The molecule has 188 valence electrons. The fourth-order valence-corrected chi connectivity index (χ4v) is 5.85. The van der Waals surface area contributed by atoms with E-state index in [0.29, 0.717) is 44.2 Å². The number of rotatable bonds is 5. The molecule has 5 rings (SSSR count). The van der Waals surface area contributed by atoms with Crippen LogP contribution in [0.3, 0.4) is 0 Å². The van der Waals surface area contributed by atoms with Gasteiger partial charge in [-0.2, -0.15) is 0 Å². The van der Waals surface area contributed by atoms with E-state index in [1.807, 2.05) is 29.2 Å². The predicted molar refractivity (Wildman–Crippen MR) is 137 cm³/mol. The van der Waals surface area contributed by atoms with E-state index >= 15 is 0 Å². The summed E-state index contributed by atoms with van der Waals surface area (Å²) in [5, 5.41) is 11.0. The first-order valence-corrected chi connectivity index (χ1v) is 13.1. The number of halogens is 1. The Balaban J connectivity index is 1.29. The van der Waals surface area contributed by atoms with E-state index in [1.165, 1.54) is 0 Å². The largest absolute Gasteiger partial charge is 0.387 e. The first-order valence-electron chi connectivity index (χ1n) is 12.7. The number of fused-ring (bicyclic) bond motifs is 1. The highest BCUT2D eigenvalue weighted by Crippen LogP contribution is 2.42. The van der Waals surface area contributed by atoms with Crippen molar-refractivity contribution in [3.8, 4) is 0 Å². The molecule has 0 saturated carbocycles. The lowest BCUT2D eigenvalue weighted by Crippen LogP contribution is -2.52. The summed E-state index contributed by atoms with van der Waals surface area (Å²) in [5.41, 5.74) is 8.92. The Labute approximate surface area is 212 Å². The van der Waals surface area contributed by atoms with E-state index in [-0.39, 0.29) is 23.8 Å². The Morgan fingerprint density at radius 2 is 1.80 bits per heavy atom. The molecule has 0 bridgehead atoms. The number of aliphatic hydroxyl groups excluding tert-OH is 1. The second kappa shape index (κ2) is 10.4. The predicted octanol–water partition coefficient (Wildman–Crippen LogP) is 2.53. The molecule has 2 aliphatic heterocycles. The summed E-state index contributed by atoms with van der Waals surface area (Å²) in [4.78, 5) is 29.3. The van der Waals surface area contributed by atoms with Gasteiger partial charge in [0.2, 0.25) is 5.91 Å². The van der Waals surface area contributed by atoms with Crippen LogP contribution in [0.2, 0.25) is 5.02 Å². The first-order chi connectivity index (χ1) is 16.9. The number of piperazine rings is 1. The number of likely N-dealkylation sites (tertiary alicyclic amines) is 1. The third-order valence-corrected chi connectivity index (χ3v) is 8.07. The van der Waals surface area contributed by atoms with Crippen molar-refractivity contribution >= 4 is 23.3 Å². The molecule has 0 radical (unpaired) electrons. The normalized spacial score (nSPS) is 24.5. The van der Waals surface area contributed by atoms with Gasteiger partial charge in [-0.15, -0.1) is 0 Å². The second-order valence-electron chi connectivity index (χ2n) is 10.2. The van der Waals surface area contributed by atoms with Gasteiger partial charge in [0.1, 0.15) is 12.1 Å². The smallest absolute Gasteiger partial charge is 0.231 e. The number of hydrogen-bond donors (Lipinski definition) is 2. The van der Waals surface area contributed by atoms with Crippen molar-refractivity contribution in [3.05, 3.63) is 52.4 Å². The highest BCUT2D eigenvalue weighted by atomic mass is 35.5. The average Bonchev–Trinajstić information content (AvgIpc) is 3.17. The summed E-state index contributed by atoms with van der Waals surface area (Å²) in [6.07, 6.45) is 3.65. The van der Waals surface area contributed by atoms with Crippen LogP contribution >= 0.6 is 11.6 Å². The molecule has 9 heteroatoms. The minimum absolute atomic E-state index is 0.165. The molecule has 3 atom stereocenters. The van der Waals surface area contributed by atoms with Gasteiger partial charge in [-0.25, -0.2) is 9.97 Å². The summed E-state index contributed by atoms with van der Waals surface area (Å²) in [7, 11) is 0. The number of hydrogen-bond acceptors (Lipinski definition) is 7. The maximum Gasteiger partial charge on any atom is 0.231 e. The molecule has 35 heavy (non-hydrogen) atoms. The monoisotopic (exact) mass is 498 g/mol. The Kier molecular flexibility index (Phi) is 7.25. The van der Waals surface area contributed by atoms with Gasteiger partial charge in [0.15, 0.2) is 0 Å². The van der Waals surface area contributed by atoms with E-state index in [1.54, 1.807) is 6.33 Å². The molecular weight excluding hydrogens is 464 g/mol. The number of benzene rings is 1. The van der Waals surface area contributed by atoms with Gasteiger partial charge in [-0.3, -0.25) is 4.79 Å². The second-order valence-corrected chi connectivity index (χ2v) is 10.6. The van der Waals surface area contributed by atoms with Gasteiger partial charge < -0.3 is 25.5 Å². The minimum Gasteiger partial charge on any atom is -0.387 e. The van der Waals surface area contributed by atoms with E-state index in [4.69, 9.17) is 17.3 Å². The molecule has 3 heterocycles. The molecule has 1 aromatic heterocycles. The lowest BCUT2D eigenvalue weighted by Gasteiger charge is -2.39. The maximum absolute atomic E-state index is 13.8. The topological polar surface area (TPSA) is 98.8 Å². The van der Waals surface area contributed by atoms with Gasteiger partial charge in [0, 0.05) is 49.4 Å². The van der Waals surface area contributed by atoms with Crippen molar-refractivity contribution in [1.82, 2.24) is 19.8 Å². The fourth-order valence-electron chi connectivity index (χ4n) is 5.73. The number of carbonyl (C=O) groups is 1. The van der Waals surface area contributed by atoms with Gasteiger partial charge in [0.05, 0.1) is 17.7 Å². The summed E-state index contributed by atoms with van der Waals surface area (Å²) >= 11 is 6.14. The zero-order valence-corrected chi connectivity index (χ0v) is 21.1. The lowest BCUT2D eigenvalue weighted by molar-refractivity contribution is -0.133. The molecule has 1 aromatic carbocycles. The van der Waals surface area contributed by atoms with Crippen LogP contribution in [0.25, 0.3) is 0 Å². The number of nitrogens with zero attached hydrogens (tertiary/aromatic N) is 5. The van der Waals surface area contributed by atoms with Crippen LogP contribution in [0, 0.1) is 0 Å². The fraction of sp³-hybridized carbons (Fsp3) is 0.577. The molecule has 2 fully saturated rings. The van der Waals surface area contributed by atoms with Crippen molar-refractivity contribution < 1.29 is 9.90 Å². The Hall–Kier alpha value is -2.26. The third kappa shape index (κ3) is 5.16. The quantitative estimate of drug-likeness (QED) is 0.653. The standard InChI is InChI=1S/C26H35ClN6O2/c1-17-14-22(34)24-23(17)25(30-16-29-24)32-10-12-33(13-11-32)26(35)21(18-2-4-19(27)5-3-18)15-31-8-6-20(28)7-9-31/h2-5,16-17,20-22,34H,6-15,28H2,1H3/t17?,21-,22-/m1/s1. The lowest BCUT2D eigenvalue weighted by atomic mass is 9.95. The summed E-state index contributed by atoms with van der Waals surface area (Å²) < 4.78 is 0. The van der Waals surface area contributed by atoms with Crippen LogP contribution in [-0.4, -0.2) is 82.6 Å². The third-order valence-electron chi connectivity index (χ3n) is 7.81. The first kappa shape index (κ1) is 24.4. The van der Waals surface area contributed by atoms with Crippen LogP contribution in [0.5, 0.6) is 0 Å². The molecule has 1 amide bonds. The van der Waals surface area contributed by atoms with Crippen molar-refractivity contribution in [2.45, 2.75) is 50.2 Å². The van der Waals surface area contributed by atoms with Crippen LogP contribution in [0.1, 0.15) is 60.9 Å². The van der Waals surface area contributed by atoms with Crippen LogP contribution < -0.4 is 10.6 Å². The number of aromatic nitrogens is 2. The molecule has 1 unspecified atom stereocenters. The molecule has 1 aliphatic carbocycles. The zero-order chi connectivity index (χ0) is 24.5. The van der Waals surface area contributed by atoms with Crippen molar-refractivity contribution in [3.63, 3.8) is 0 Å². The van der Waals surface area contributed by atoms with Crippen LogP contribution in [0.15, 0.2) is 30.6 Å². The highest BCUT2D eigenvalue weighted by molar-refractivity contribution is 6.30. The van der Waals surface area contributed by atoms with Gasteiger partial charge in [-0.05, 0) is 56.0 Å². The molecule has 3 N–H and O–H groups in total. The molecule has 2 aromatic rings. The Morgan fingerprint density at radius 1 is 1.11 bits per heavy atom. The molecule has 3 aliphatic rings. The number of amides is 1. The highest BCUT2D eigenvalue weighted by Gasteiger charge is 2.35. The summed E-state index contributed by atoms with van der Waals surface area (Å²) in [5.74, 6) is 1.07. The van der Waals surface area contributed by atoms with Crippen molar-refractivity contribution in [2.75, 3.05) is 50.7 Å². The number of carbonyl (C=O) groups excluding carboxylic acids is 1. The van der Waals surface area contributed by atoms with E-state index < -0.39 is 6.10 Å². The number of nitrogens with two attached hydrogens (primary N) is 1. The van der Waals surface area contributed by atoms with Crippen molar-refractivity contribution in [1.29, 1.82) is 0 Å². The van der Waals surface area contributed by atoms with E-state index in [2.05, 4.69) is 26.7 Å². The van der Waals surface area contributed by atoms with Gasteiger partial charge in [0.25, 0.3) is 0 Å². The number of anilines is 1. The van der Waals surface area contributed by atoms with Gasteiger partial charge >= 0.3 is 0 Å². The van der Waals surface area contributed by atoms with Crippen LogP contribution in [0.4, 0.5) is 5.82 Å². The van der Waals surface area contributed by atoms with Gasteiger partial charge in [-0.1, -0.05) is 30.7 Å². The number of piperidine rings is 1. The van der Waals surface area contributed by atoms with E-state index in [0.717, 1.165) is 48.6 Å². The average molecular weight is 499 g/mol. The SMILES string of the molecule is CC1C[C@@H](O)c2ncnc(N3CCN(C(=O)[C@H](CN4CCC(N)CC4)c4ccc(Cl)cc4)CC3)c21. The molecule has 2 saturated heterocycles. The number of aliphatic hydroxyl groups is 1. The molecule has 8 nitrogen and oxygen atoms in total. The maximum atomic E-state index is 13.8. The summed E-state index contributed by atoms with van der Waals surface area (Å²) in [6, 6.07) is 7.96. The minimum atomic E-state index is -0.519. The Morgan fingerprint density at radius 3 is 2.49 bits per heavy atom. The molecular formula is C26H35ClN6O2. The van der Waals surface area contributed by atoms with Crippen LogP contribution in [-0.2, 0) is 4.79 Å². The van der Waals surface area contributed by atoms with E-state index in [9.17, 15) is 9.90 Å². The Bertz CT molecular complexity index is 1030. The zero-order valence-electron chi connectivity index (χ0n) is 20.3.